The second kappa shape index (κ2) is 11.9. The van der Waals surface area contributed by atoms with Crippen LogP contribution in [0.3, 0.4) is 0 Å². The SMILES string of the molecule is O=C(N[C@H](C(=O)O)c1ccc(OCCOC2CCCCO2)cc1)OCc1ccccc1. The number of benzene rings is 2. The third-order valence-electron chi connectivity index (χ3n) is 4.73. The van der Waals surface area contributed by atoms with Crippen LogP contribution in [0.1, 0.15) is 36.4 Å². The van der Waals surface area contributed by atoms with E-state index in [2.05, 4.69) is 5.32 Å². The quantitative estimate of drug-likeness (QED) is 0.556. The minimum atomic E-state index is -1.23. The van der Waals surface area contributed by atoms with Crippen LogP contribution in [0.2, 0.25) is 0 Å². The lowest BCUT2D eigenvalue weighted by atomic mass is 10.1. The van der Waals surface area contributed by atoms with Gasteiger partial charge in [0.05, 0.1) is 6.61 Å². The molecule has 1 aliphatic rings. The van der Waals surface area contributed by atoms with Crippen LogP contribution in [0, 0.1) is 0 Å². The molecule has 1 saturated heterocycles. The van der Waals surface area contributed by atoms with E-state index in [1.807, 2.05) is 30.3 Å². The first kappa shape index (κ1) is 22.6. The van der Waals surface area contributed by atoms with E-state index in [1.165, 1.54) is 0 Å². The summed E-state index contributed by atoms with van der Waals surface area (Å²) in [5.74, 6) is -0.612. The molecule has 0 bridgehead atoms. The molecule has 3 rings (SSSR count). The molecule has 8 nitrogen and oxygen atoms in total. The third kappa shape index (κ3) is 7.58. The number of alkyl carbamates (subject to hydrolysis) is 1. The highest BCUT2D eigenvalue weighted by Gasteiger charge is 2.23. The molecule has 0 spiro atoms. The lowest BCUT2D eigenvalue weighted by Crippen LogP contribution is -2.34. The van der Waals surface area contributed by atoms with Gasteiger partial charge in [-0.25, -0.2) is 9.59 Å². The van der Waals surface area contributed by atoms with Crippen LogP contribution >= 0.6 is 0 Å². The van der Waals surface area contributed by atoms with Crippen LogP contribution in [-0.2, 0) is 25.6 Å². The van der Waals surface area contributed by atoms with Crippen molar-refractivity contribution in [3.8, 4) is 5.75 Å². The Morgan fingerprint density at radius 1 is 1.06 bits per heavy atom. The van der Waals surface area contributed by atoms with Crippen LogP contribution in [-0.4, -0.2) is 43.3 Å². The fourth-order valence-corrected chi connectivity index (χ4v) is 3.11. The van der Waals surface area contributed by atoms with Crippen molar-refractivity contribution in [3.63, 3.8) is 0 Å². The maximum Gasteiger partial charge on any atom is 0.408 e. The molecule has 31 heavy (non-hydrogen) atoms. The van der Waals surface area contributed by atoms with Gasteiger partial charge in [0.2, 0.25) is 0 Å². The normalized spacial score (nSPS) is 16.8. The molecule has 2 aromatic carbocycles. The molecule has 2 N–H and O–H groups in total. The Labute approximate surface area is 181 Å². The lowest BCUT2D eigenvalue weighted by molar-refractivity contribution is -0.165. The number of amides is 1. The standard InChI is InChI=1S/C23H27NO7/c25-22(26)21(24-23(27)31-16-17-6-2-1-3-7-17)18-9-11-19(12-10-18)28-14-15-30-20-8-4-5-13-29-20/h1-3,6-7,9-12,20-21H,4-5,8,13-16H2,(H,24,27)(H,25,26)/t20?,21-/m0/s1. The number of carbonyl (C=O) groups excluding carboxylic acids is 1. The van der Waals surface area contributed by atoms with Gasteiger partial charge in [0.1, 0.15) is 19.0 Å². The van der Waals surface area contributed by atoms with Crippen LogP contribution in [0.4, 0.5) is 4.79 Å². The van der Waals surface area contributed by atoms with E-state index in [0.717, 1.165) is 31.4 Å². The van der Waals surface area contributed by atoms with Crippen molar-refractivity contribution >= 4 is 12.1 Å². The summed E-state index contributed by atoms with van der Waals surface area (Å²) in [5, 5.41) is 11.9. The number of carboxylic acids is 1. The highest BCUT2D eigenvalue weighted by Crippen LogP contribution is 2.19. The van der Waals surface area contributed by atoms with Crippen molar-refractivity contribution in [2.75, 3.05) is 19.8 Å². The largest absolute Gasteiger partial charge is 0.491 e. The van der Waals surface area contributed by atoms with Crippen LogP contribution in [0.15, 0.2) is 54.6 Å². The number of rotatable bonds is 10. The zero-order chi connectivity index (χ0) is 21.9. The van der Waals surface area contributed by atoms with E-state index < -0.39 is 18.1 Å². The van der Waals surface area contributed by atoms with Crippen molar-refractivity contribution in [2.45, 2.75) is 38.2 Å². The van der Waals surface area contributed by atoms with E-state index in [0.29, 0.717) is 24.5 Å². The predicted molar refractivity (Wildman–Crippen MR) is 112 cm³/mol. The van der Waals surface area contributed by atoms with Gasteiger partial charge in [-0.05, 0) is 42.5 Å². The maximum atomic E-state index is 12.0. The first-order chi connectivity index (χ1) is 15.1. The molecule has 166 valence electrons. The zero-order valence-corrected chi connectivity index (χ0v) is 17.2. The summed E-state index contributed by atoms with van der Waals surface area (Å²) in [6.07, 6.45) is 2.10. The van der Waals surface area contributed by atoms with Crippen molar-refractivity contribution in [2.24, 2.45) is 0 Å². The van der Waals surface area contributed by atoms with Gasteiger partial charge in [-0.15, -0.1) is 0 Å². The first-order valence-electron chi connectivity index (χ1n) is 10.3. The fraction of sp³-hybridized carbons (Fsp3) is 0.391. The lowest BCUT2D eigenvalue weighted by Gasteiger charge is -2.22. The second-order valence-electron chi connectivity index (χ2n) is 7.06. The minimum Gasteiger partial charge on any atom is -0.491 e. The van der Waals surface area contributed by atoms with Crippen LogP contribution in [0.5, 0.6) is 5.75 Å². The summed E-state index contributed by atoms with van der Waals surface area (Å²) in [5.41, 5.74) is 1.22. The Balaban J connectivity index is 1.44. The summed E-state index contributed by atoms with van der Waals surface area (Å²) in [6.45, 7) is 1.54. The Morgan fingerprint density at radius 2 is 1.84 bits per heavy atom. The molecular weight excluding hydrogens is 402 g/mol. The third-order valence-corrected chi connectivity index (χ3v) is 4.73. The summed E-state index contributed by atoms with van der Waals surface area (Å²) >= 11 is 0. The molecule has 2 atom stereocenters. The highest BCUT2D eigenvalue weighted by molar-refractivity contribution is 5.81. The summed E-state index contributed by atoms with van der Waals surface area (Å²) < 4.78 is 21.8. The highest BCUT2D eigenvalue weighted by atomic mass is 16.7. The molecule has 1 aliphatic heterocycles. The first-order valence-corrected chi connectivity index (χ1v) is 10.3. The summed E-state index contributed by atoms with van der Waals surface area (Å²) in [4.78, 5) is 23.7. The van der Waals surface area contributed by atoms with Gasteiger partial charge >= 0.3 is 12.1 Å². The van der Waals surface area contributed by atoms with E-state index in [-0.39, 0.29) is 12.9 Å². The zero-order valence-electron chi connectivity index (χ0n) is 17.2. The van der Waals surface area contributed by atoms with Crippen molar-refractivity contribution in [3.05, 3.63) is 65.7 Å². The molecule has 2 aromatic rings. The number of nitrogens with one attached hydrogen (secondary N) is 1. The number of aliphatic carboxylic acids is 1. The Kier molecular flexibility index (Phi) is 8.69. The number of hydrogen-bond donors (Lipinski definition) is 2. The number of ether oxygens (including phenoxy) is 4. The Hall–Kier alpha value is -3.10. The van der Waals surface area contributed by atoms with Gasteiger partial charge in [-0.2, -0.15) is 0 Å². The fourth-order valence-electron chi connectivity index (χ4n) is 3.11. The average Bonchev–Trinajstić information content (AvgIpc) is 2.81. The van der Waals surface area contributed by atoms with E-state index in [9.17, 15) is 14.7 Å². The average molecular weight is 429 g/mol. The van der Waals surface area contributed by atoms with Crippen molar-refractivity contribution in [1.82, 2.24) is 5.32 Å². The second-order valence-corrected chi connectivity index (χ2v) is 7.06. The maximum absolute atomic E-state index is 12.0. The monoisotopic (exact) mass is 429 g/mol. The molecule has 1 heterocycles. The van der Waals surface area contributed by atoms with E-state index in [4.69, 9.17) is 18.9 Å². The molecule has 1 amide bonds. The topological polar surface area (TPSA) is 103 Å². The molecule has 1 unspecified atom stereocenters. The summed E-state index contributed by atoms with van der Waals surface area (Å²) in [6, 6.07) is 14.4. The molecule has 1 fully saturated rings. The number of hydrogen-bond acceptors (Lipinski definition) is 6. The smallest absolute Gasteiger partial charge is 0.408 e. The minimum absolute atomic E-state index is 0.0553. The molecule has 0 radical (unpaired) electrons. The van der Waals surface area contributed by atoms with E-state index in [1.54, 1.807) is 24.3 Å². The van der Waals surface area contributed by atoms with Gasteiger partial charge in [0.25, 0.3) is 0 Å². The van der Waals surface area contributed by atoms with Gasteiger partial charge in [-0.1, -0.05) is 42.5 Å². The van der Waals surface area contributed by atoms with Gasteiger partial charge in [-0.3, -0.25) is 0 Å². The van der Waals surface area contributed by atoms with Gasteiger partial charge in [0, 0.05) is 6.61 Å². The molecule has 0 aromatic heterocycles. The van der Waals surface area contributed by atoms with Crippen molar-refractivity contribution < 1.29 is 33.6 Å². The molecule has 8 heteroatoms. The summed E-state index contributed by atoms with van der Waals surface area (Å²) in [7, 11) is 0. The van der Waals surface area contributed by atoms with Gasteiger partial charge < -0.3 is 29.4 Å². The Bertz CT molecular complexity index is 820. The van der Waals surface area contributed by atoms with Gasteiger partial charge in [0.15, 0.2) is 12.3 Å². The molecular formula is C23H27NO7. The van der Waals surface area contributed by atoms with E-state index >= 15 is 0 Å². The number of carbonyl (C=O) groups is 2. The Morgan fingerprint density at radius 3 is 2.52 bits per heavy atom. The molecule has 0 saturated carbocycles. The number of carboxylic acid groups (broad SMARTS) is 1. The molecule has 0 aliphatic carbocycles. The van der Waals surface area contributed by atoms with Crippen molar-refractivity contribution in [1.29, 1.82) is 0 Å². The van der Waals surface area contributed by atoms with Crippen LogP contribution in [0.25, 0.3) is 0 Å². The van der Waals surface area contributed by atoms with Crippen LogP contribution < -0.4 is 10.1 Å². The predicted octanol–water partition coefficient (Wildman–Crippen LogP) is 3.66.